The lowest BCUT2D eigenvalue weighted by Crippen LogP contribution is -2.43. The predicted octanol–water partition coefficient (Wildman–Crippen LogP) is -0.616. The second kappa shape index (κ2) is 5.99. The van der Waals surface area contributed by atoms with Crippen LogP contribution in [0.3, 0.4) is 0 Å². The molecule has 0 aliphatic carbocycles. The van der Waals surface area contributed by atoms with Gasteiger partial charge in [-0.25, -0.2) is 4.79 Å². The SMILES string of the molecule is CCCN(CC(N)=O)C(=O)ON1C(=O)CCC1=O. The zero-order valence-corrected chi connectivity index (χ0v) is 10.0. The van der Waals surface area contributed by atoms with E-state index in [1.54, 1.807) is 6.92 Å². The number of nitrogens with two attached hydrogens (primary N) is 1. The highest BCUT2D eigenvalue weighted by Crippen LogP contribution is 2.13. The van der Waals surface area contributed by atoms with Crippen LogP contribution < -0.4 is 5.73 Å². The number of nitrogens with zero attached hydrogens (tertiary/aromatic N) is 2. The van der Waals surface area contributed by atoms with Gasteiger partial charge in [0.2, 0.25) is 5.91 Å². The summed E-state index contributed by atoms with van der Waals surface area (Å²) in [4.78, 5) is 50.6. The van der Waals surface area contributed by atoms with Gasteiger partial charge in [0.25, 0.3) is 11.8 Å². The van der Waals surface area contributed by atoms with E-state index in [-0.39, 0.29) is 25.9 Å². The maximum Gasteiger partial charge on any atom is 0.435 e. The lowest BCUT2D eigenvalue weighted by molar-refractivity contribution is -0.173. The minimum absolute atomic E-state index is 0.0235. The number of hydrogen-bond acceptors (Lipinski definition) is 5. The molecule has 0 saturated carbocycles. The van der Waals surface area contributed by atoms with E-state index in [0.717, 1.165) is 4.90 Å². The molecule has 0 spiro atoms. The molecule has 8 nitrogen and oxygen atoms in total. The van der Waals surface area contributed by atoms with Crippen LogP contribution in [-0.2, 0) is 19.2 Å². The lowest BCUT2D eigenvalue weighted by atomic mass is 10.4. The molecule has 1 rings (SSSR count). The Bertz CT molecular complexity index is 366. The van der Waals surface area contributed by atoms with Crippen molar-refractivity contribution in [2.75, 3.05) is 13.1 Å². The molecule has 1 saturated heterocycles. The Kier molecular flexibility index (Phi) is 4.64. The van der Waals surface area contributed by atoms with Crippen molar-refractivity contribution in [1.82, 2.24) is 9.96 Å². The molecule has 0 unspecified atom stereocenters. The summed E-state index contributed by atoms with van der Waals surface area (Å²) in [5.74, 6) is -1.83. The summed E-state index contributed by atoms with van der Waals surface area (Å²) in [6.07, 6.45) is -0.297. The molecule has 0 atom stereocenters. The van der Waals surface area contributed by atoms with Crippen LogP contribution in [0.4, 0.5) is 4.79 Å². The molecule has 1 fully saturated rings. The maximum absolute atomic E-state index is 11.7. The van der Waals surface area contributed by atoms with Crippen molar-refractivity contribution >= 4 is 23.8 Å². The molecule has 0 aromatic heterocycles. The lowest BCUT2D eigenvalue weighted by Gasteiger charge is -2.21. The first-order valence-corrected chi connectivity index (χ1v) is 5.56. The van der Waals surface area contributed by atoms with Crippen LogP contribution in [0.2, 0.25) is 0 Å². The Morgan fingerprint density at radius 3 is 2.33 bits per heavy atom. The third-order valence-corrected chi connectivity index (χ3v) is 2.27. The van der Waals surface area contributed by atoms with Gasteiger partial charge in [0.05, 0.1) is 0 Å². The monoisotopic (exact) mass is 257 g/mol. The number of carbonyl (C=O) groups is 4. The number of hydrogen-bond donors (Lipinski definition) is 1. The number of rotatable bonds is 5. The minimum Gasteiger partial charge on any atom is -0.368 e. The van der Waals surface area contributed by atoms with Gasteiger partial charge in [0, 0.05) is 19.4 Å². The van der Waals surface area contributed by atoms with Crippen LogP contribution in [0.15, 0.2) is 0 Å². The fraction of sp³-hybridized carbons (Fsp3) is 0.600. The fourth-order valence-electron chi connectivity index (χ4n) is 1.49. The van der Waals surface area contributed by atoms with E-state index in [2.05, 4.69) is 4.84 Å². The molecule has 1 aliphatic rings. The van der Waals surface area contributed by atoms with Gasteiger partial charge in [-0.2, -0.15) is 0 Å². The van der Waals surface area contributed by atoms with Crippen LogP contribution in [0.25, 0.3) is 0 Å². The van der Waals surface area contributed by atoms with E-state index in [4.69, 9.17) is 5.73 Å². The number of carbonyl (C=O) groups excluding carboxylic acids is 4. The van der Waals surface area contributed by atoms with Crippen molar-refractivity contribution < 1.29 is 24.0 Å². The van der Waals surface area contributed by atoms with E-state index in [9.17, 15) is 19.2 Å². The van der Waals surface area contributed by atoms with Crippen LogP contribution in [0.1, 0.15) is 26.2 Å². The second-order valence-corrected chi connectivity index (χ2v) is 3.83. The second-order valence-electron chi connectivity index (χ2n) is 3.83. The van der Waals surface area contributed by atoms with Gasteiger partial charge < -0.3 is 10.6 Å². The van der Waals surface area contributed by atoms with E-state index < -0.39 is 23.8 Å². The third-order valence-electron chi connectivity index (χ3n) is 2.27. The first-order valence-electron chi connectivity index (χ1n) is 5.56. The van der Waals surface area contributed by atoms with Gasteiger partial charge in [0.1, 0.15) is 6.54 Å². The van der Waals surface area contributed by atoms with Crippen molar-refractivity contribution in [1.29, 1.82) is 0 Å². The van der Waals surface area contributed by atoms with Gasteiger partial charge in [-0.1, -0.05) is 6.92 Å². The first-order chi connectivity index (χ1) is 8.45. The van der Waals surface area contributed by atoms with E-state index in [1.165, 1.54) is 0 Å². The summed E-state index contributed by atoms with van der Waals surface area (Å²) in [5.41, 5.74) is 4.99. The predicted molar refractivity (Wildman–Crippen MR) is 58.6 cm³/mol. The largest absolute Gasteiger partial charge is 0.435 e. The number of amides is 4. The molecule has 18 heavy (non-hydrogen) atoms. The van der Waals surface area contributed by atoms with Gasteiger partial charge >= 0.3 is 6.09 Å². The summed E-state index contributed by atoms with van der Waals surface area (Å²) >= 11 is 0. The van der Waals surface area contributed by atoms with E-state index in [0.29, 0.717) is 11.5 Å². The Labute approximate surface area is 104 Å². The van der Waals surface area contributed by atoms with Crippen molar-refractivity contribution in [2.45, 2.75) is 26.2 Å². The third kappa shape index (κ3) is 3.44. The normalized spacial score (nSPS) is 14.8. The van der Waals surface area contributed by atoms with Crippen molar-refractivity contribution in [3.63, 3.8) is 0 Å². The molecule has 1 aliphatic heterocycles. The Morgan fingerprint density at radius 1 is 1.33 bits per heavy atom. The summed E-state index contributed by atoms with van der Waals surface area (Å²) in [7, 11) is 0. The Hall–Kier alpha value is -2.12. The fourth-order valence-corrected chi connectivity index (χ4v) is 1.49. The zero-order valence-electron chi connectivity index (χ0n) is 10.0. The van der Waals surface area contributed by atoms with Crippen molar-refractivity contribution in [2.24, 2.45) is 5.73 Å². The number of hydroxylamine groups is 2. The summed E-state index contributed by atoms with van der Waals surface area (Å²) < 4.78 is 0. The molecule has 0 aromatic rings. The molecule has 0 aromatic carbocycles. The molecule has 2 N–H and O–H groups in total. The molecule has 4 amide bonds. The van der Waals surface area contributed by atoms with E-state index >= 15 is 0 Å². The number of primary amides is 1. The van der Waals surface area contributed by atoms with Crippen molar-refractivity contribution in [3.8, 4) is 0 Å². The highest BCUT2D eigenvalue weighted by atomic mass is 16.7. The number of imide groups is 1. The molecule has 1 heterocycles. The molecule has 100 valence electrons. The highest BCUT2D eigenvalue weighted by Gasteiger charge is 2.34. The zero-order chi connectivity index (χ0) is 13.7. The average molecular weight is 257 g/mol. The van der Waals surface area contributed by atoms with Gasteiger partial charge in [-0.15, -0.1) is 5.06 Å². The molecule has 0 bridgehead atoms. The van der Waals surface area contributed by atoms with Crippen LogP contribution in [-0.4, -0.2) is 46.9 Å². The topological polar surface area (TPSA) is 110 Å². The maximum atomic E-state index is 11.7. The first kappa shape index (κ1) is 13.9. The van der Waals surface area contributed by atoms with Gasteiger partial charge in [-0.05, 0) is 6.42 Å². The smallest absolute Gasteiger partial charge is 0.368 e. The van der Waals surface area contributed by atoms with Gasteiger partial charge in [-0.3, -0.25) is 19.3 Å². The average Bonchev–Trinajstić information content (AvgIpc) is 2.59. The molecule has 0 radical (unpaired) electrons. The standard InChI is InChI=1S/C10H15N3O5/c1-2-5-12(6-7(11)14)10(17)18-13-8(15)3-4-9(13)16/h2-6H2,1H3,(H2,11,14). The van der Waals surface area contributed by atoms with E-state index in [1.807, 2.05) is 0 Å². The van der Waals surface area contributed by atoms with Crippen LogP contribution in [0.5, 0.6) is 0 Å². The molecule has 8 heteroatoms. The summed E-state index contributed by atoms with van der Waals surface area (Å²) in [5, 5.41) is 0.436. The van der Waals surface area contributed by atoms with Crippen LogP contribution >= 0.6 is 0 Å². The van der Waals surface area contributed by atoms with Crippen LogP contribution in [0, 0.1) is 0 Å². The Morgan fingerprint density at radius 2 is 1.89 bits per heavy atom. The molecular formula is C10H15N3O5. The minimum atomic E-state index is -0.931. The summed E-state index contributed by atoms with van der Waals surface area (Å²) in [6, 6.07) is 0. The summed E-state index contributed by atoms with van der Waals surface area (Å²) in [6.45, 7) is 1.73. The quantitative estimate of drug-likeness (QED) is 0.660. The molecular weight excluding hydrogens is 242 g/mol. The van der Waals surface area contributed by atoms with Gasteiger partial charge in [0.15, 0.2) is 0 Å². The highest BCUT2D eigenvalue weighted by molar-refractivity contribution is 6.01. The Balaban J connectivity index is 2.63. The van der Waals surface area contributed by atoms with Crippen molar-refractivity contribution in [3.05, 3.63) is 0 Å².